The fourth-order valence-electron chi connectivity index (χ4n) is 3.25. The van der Waals surface area contributed by atoms with Gasteiger partial charge in [0.1, 0.15) is 5.75 Å². The Bertz CT molecular complexity index is 1220. The average molecular weight is 473 g/mol. The largest absolute Gasteiger partial charge is 0.484 e. The Kier molecular flexibility index (Phi) is 8.72. The van der Waals surface area contributed by atoms with Crippen molar-refractivity contribution in [3.63, 3.8) is 0 Å². The molecule has 3 aromatic carbocycles. The molecule has 0 atom stereocenters. The fraction of sp³-hybridized carbons (Fsp3) is 0.185. The summed E-state index contributed by atoms with van der Waals surface area (Å²) in [5.74, 6) is -1.52. The van der Waals surface area contributed by atoms with E-state index in [0.717, 1.165) is 28.8 Å². The number of anilines is 2. The molecule has 0 unspecified atom stereocenters. The third-order valence-corrected chi connectivity index (χ3v) is 5.18. The van der Waals surface area contributed by atoms with Gasteiger partial charge in [0.2, 0.25) is 0 Å². The molecule has 3 N–H and O–H groups in total. The number of nitrogens with zero attached hydrogens (tertiary/aromatic N) is 1. The van der Waals surface area contributed by atoms with Crippen LogP contribution in [-0.4, -0.2) is 30.5 Å². The van der Waals surface area contributed by atoms with Gasteiger partial charge in [-0.1, -0.05) is 49.4 Å². The second-order valence-electron chi connectivity index (χ2n) is 7.88. The van der Waals surface area contributed by atoms with Crippen molar-refractivity contribution in [3.05, 3.63) is 89.0 Å². The number of ether oxygens (including phenoxy) is 1. The third-order valence-electron chi connectivity index (χ3n) is 5.18. The first-order valence-electron chi connectivity index (χ1n) is 11.2. The predicted molar refractivity (Wildman–Crippen MR) is 137 cm³/mol. The molecular weight excluding hydrogens is 444 g/mol. The molecule has 0 spiro atoms. The van der Waals surface area contributed by atoms with Gasteiger partial charge >= 0.3 is 11.8 Å². The molecule has 0 saturated heterocycles. The van der Waals surface area contributed by atoms with Crippen LogP contribution in [0.3, 0.4) is 0 Å². The van der Waals surface area contributed by atoms with Crippen molar-refractivity contribution in [2.24, 2.45) is 5.10 Å². The number of hydrogen-bond acceptors (Lipinski definition) is 5. The summed E-state index contributed by atoms with van der Waals surface area (Å²) in [6, 6.07) is 19.9. The van der Waals surface area contributed by atoms with Crippen molar-refractivity contribution in [1.82, 2.24) is 5.43 Å². The van der Waals surface area contributed by atoms with Crippen LogP contribution < -0.4 is 20.8 Å². The van der Waals surface area contributed by atoms with Gasteiger partial charge in [0.15, 0.2) is 6.61 Å². The topological polar surface area (TPSA) is 109 Å². The van der Waals surface area contributed by atoms with E-state index in [2.05, 4.69) is 21.2 Å². The van der Waals surface area contributed by atoms with Crippen LogP contribution in [0.5, 0.6) is 5.75 Å². The lowest BCUT2D eigenvalue weighted by Gasteiger charge is -2.12. The lowest BCUT2D eigenvalue weighted by molar-refractivity contribution is -0.136. The average Bonchev–Trinajstić information content (AvgIpc) is 2.85. The Morgan fingerprint density at radius 1 is 0.886 bits per heavy atom. The highest BCUT2D eigenvalue weighted by Crippen LogP contribution is 2.19. The maximum atomic E-state index is 12.3. The molecule has 8 heteroatoms. The summed E-state index contributed by atoms with van der Waals surface area (Å²) in [5, 5.41) is 9.21. The van der Waals surface area contributed by atoms with Gasteiger partial charge in [0.05, 0.1) is 6.21 Å². The standard InChI is InChI=1S/C27H28N4O4/c1-4-20-11-13-22(14-12-20)29-26(33)27(34)31-28-16-21-9-6-10-23(15-21)35-17-24(32)30-25-18(2)7-5-8-19(25)3/h5-16H,4,17H2,1-3H3,(H,29,33)(H,30,32)(H,31,34)/b28-16-. The van der Waals surface area contributed by atoms with Crippen molar-refractivity contribution in [2.75, 3.05) is 17.2 Å². The maximum absolute atomic E-state index is 12.3. The third kappa shape index (κ3) is 7.53. The first-order valence-corrected chi connectivity index (χ1v) is 11.2. The smallest absolute Gasteiger partial charge is 0.329 e. The summed E-state index contributed by atoms with van der Waals surface area (Å²) in [7, 11) is 0. The van der Waals surface area contributed by atoms with Crippen LogP contribution in [0.15, 0.2) is 71.8 Å². The summed E-state index contributed by atoms with van der Waals surface area (Å²) >= 11 is 0. The summed E-state index contributed by atoms with van der Waals surface area (Å²) in [6.07, 6.45) is 2.26. The van der Waals surface area contributed by atoms with E-state index in [0.29, 0.717) is 17.0 Å². The van der Waals surface area contributed by atoms with Gasteiger partial charge in [0.25, 0.3) is 5.91 Å². The summed E-state index contributed by atoms with van der Waals surface area (Å²) < 4.78 is 5.58. The molecule has 3 rings (SSSR count). The molecule has 0 saturated carbocycles. The molecule has 0 aliphatic heterocycles. The second kappa shape index (κ2) is 12.1. The number of hydrazone groups is 1. The zero-order valence-corrected chi connectivity index (χ0v) is 19.9. The minimum absolute atomic E-state index is 0.162. The summed E-state index contributed by atoms with van der Waals surface area (Å²) in [5.41, 5.74) is 7.19. The van der Waals surface area contributed by atoms with E-state index >= 15 is 0 Å². The molecule has 35 heavy (non-hydrogen) atoms. The number of carbonyl (C=O) groups excluding carboxylic acids is 3. The van der Waals surface area contributed by atoms with Gasteiger partial charge in [-0.15, -0.1) is 0 Å². The van der Waals surface area contributed by atoms with E-state index in [4.69, 9.17) is 4.74 Å². The van der Waals surface area contributed by atoms with Crippen molar-refractivity contribution in [3.8, 4) is 5.75 Å². The van der Waals surface area contributed by atoms with Gasteiger partial charge in [-0.05, 0) is 66.8 Å². The van der Waals surface area contributed by atoms with E-state index in [1.165, 1.54) is 6.21 Å². The molecule has 0 fully saturated rings. The molecule has 180 valence electrons. The van der Waals surface area contributed by atoms with Crippen LogP contribution in [-0.2, 0) is 20.8 Å². The Balaban J connectivity index is 1.49. The van der Waals surface area contributed by atoms with E-state index in [-0.39, 0.29) is 12.5 Å². The highest BCUT2D eigenvalue weighted by molar-refractivity contribution is 6.39. The van der Waals surface area contributed by atoms with Crippen molar-refractivity contribution in [1.29, 1.82) is 0 Å². The normalized spacial score (nSPS) is 10.6. The summed E-state index contributed by atoms with van der Waals surface area (Å²) in [4.78, 5) is 36.3. The first kappa shape index (κ1) is 25.2. The minimum atomic E-state index is -0.892. The van der Waals surface area contributed by atoms with Crippen LogP contribution >= 0.6 is 0 Å². The SMILES string of the molecule is CCc1ccc(NC(=O)C(=O)N/N=C\c2cccc(OCC(=O)Nc3c(C)cccc3C)c2)cc1. The van der Waals surface area contributed by atoms with Crippen molar-refractivity contribution >= 4 is 35.3 Å². The first-order chi connectivity index (χ1) is 16.9. The number of aryl methyl sites for hydroxylation is 3. The second-order valence-corrected chi connectivity index (χ2v) is 7.88. The van der Waals surface area contributed by atoms with Crippen molar-refractivity contribution < 1.29 is 19.1 Å². The van der Waals surface area contributed by atoms with Gasteiger partial charge in [0, 0.05) is 11.4 Å². The highest BCUT2D eigenvalue weighted by Gasteiger charge is 2.13. The fourth-order valence-corrected chi connectivity index (χ4v) is 3.25. The molecular formula is C27H28N4O4. The molecule has 0 bridgehead atoms. The van der Waals surface area contributed by atoms with Gasteiger partial charge < -0.3 is 15.4 Å². The lowest BCUT2D eigenvalue weighted by Crippen LogP contribution is -2.32. The molecule has 8 nitrogen and oxygen atoms in total. The zero-order chi connectivity index (χ0) is 25.2. The van der Waals surface area contributed by atoms with E-state index in [9.17, 15) is 14.4 Å². The molecule has 3 aromatic rings. The predicted octanol–water partition coefficient (Wildman–Crippen LogP) is 3.97. The van der Waals surface area contributed by atoms with E-state index < -0.39 is 11.8 Å². The molecule has 0 aromatic heterocycles. The maximum Gasteiger partial charge on any atom is 0.329 e. The number of para-hydroxylation sites is 1. The summed E-state index contributed by atoms with van der Waals surface area (Å²) in [6.45, 7) is 5.73. The van der Waals surface area contributed by atoms with Crippen LogP contribution in [0, 0.1) is 13.8 Å². The molecule has 3 amide bonds. The van der Waals surface area contributed by atoms with Gasteiger partial charge in [-0.2, -0.15) is 5.10 Å². The number of carbonyl (C=O) groups is 3. The Morgan fingerprint density at radius 2 is 1.57 bits per heavy atom. The lowest BCUT2D eigenvalue weighted by atomic mass is 10.1. The van der Waals surface area contributed by atoms with Gasteiger partial charge in [-0.3, -0.25) is 14.4 Å². The molecule has 0 radical (unpaired) electrons. The number of amides is 3. The van der Waals surface area contributed by atoms with Crippen LogP contribution in [0.2, 0.25) is 0 Å². The quantitative estimate of drug-likeness (QED) is 0.262. The Hall–Kier alpha value is -4.46. The van der Waals surface area contributed by atoms with Crippen LogP contribution in [0.25, 0.3) is 0 Å². The Labute approximate surface area is 204 Å². The van der Waals surface area contributed by atoms with Crippen LogP contribution in [0.1, 0.15) is 29.2 Å². The molecule has 0 heterocycles. The molecule has 0 aliphatic rings. The number of benzene rings is 3. The number of rotatable bonds is 8. The highest BCUT2D eigenvalue weighted by atomic mass is 16.5. The molecule has 0 aliphatic carbocycles. The number of nitrogens with one attached hydrogen (secondary N) is 3. The van der Waals surface area contributed by atoms with E-state index in [1.54, 1.807) is 36.4 Å². The van der Waals surface area contributed by atoms with Crippen molar-refractivity contribution in [2.45, 2.75) is 27.2 Å². The number of hydrogen-bond donors (Lipinski definition) is 3. The monoisotopic (exact) mass is 472 g/mol. The van der Waals surface area contributed by atoms with Gasteiger partial charge in [-0.25, -0.2) is 5.43 Å². The zero-order valence-electron chi connectivity index (χ0n) is 19.9. The Morgan fingerprint density at radius 3 is 2.26 bits per heavy atom. The minimum Gasteiger partial charge on any atom is -0.484 e. The van der Waals surface area contributed by atoms with Crippen LogP contribution in [0.4, 0.5) is 11.4 Å². The van der Waals surface area contributed by atoms with E-state index in [1.807, 2.05) is 51.1 Å².